The summed E-state index contributed by atoms with van der Waals surface area (Å²) in [6.45, 7) is 6.01. The summed E-state index contributed by atoms with van der Waals surface area (Å²) in [5, 5.41) is 7.49. The lowest BCUT2D eigenvalue weighted by atomic mass is 10.0. The summed E-state index contributed by atoms with van der Waals surface area (Å²) in [4.78, 5) is 14.6. The minimum Gasteiger partial charge on any atom is -0.495 e. The molecule has 6 nitrogen and oxygen atoms in total. The third-order valence-corrected chi connectivity index (χ3v) is 4.68. The molecule has 1 aromatic carbocycles. The smallest absolute Gasteiger partial charge is 0.241 e. The summed E-state index contributed by atoms with van der Waals surface area (Å²) in [7, 11) is 1.70. The number of hydrogen-bond donors (Lipinski definition) is 1. The predicted octanol–water partition coefficient (Wildman–Crippen LogP) is 2.29. The highest BCUT2D eigenvalue weighted by Crippen LogP contribution is 2.29. The van der Waals surface area contributed by atoms with Gasteiger partial charge in [0.1, 0.15) is 12.3 Å². The average molecular weight is 342 g/mol. The molecule has 1 aromatic heterocycles. The quantitative estimate of drug-likeness (QED) is 0.906. The number of methoxy groups -OCH3 is 1. The van der Waals surface area contributed by atoms with Crippen LogP contribution in [-0.4, -0.2) is 41.9 Å². The van der Waals surface area contributed by atoms with Crippen LogP contribution in [0.1, 0.15) is 24.2 Å². The van der Waals surface area contributed by atoms with E-state index in [1.807, 2.05) is 38.1 Å². The Hall–Kier alpha value is -2.50. The maximum atomic E-state index is 12.3. The number of nitrogens with zero attached hydrogens (tertiary/aromatic N) is 3. The Morgan fingerprint density at radius 3 is 2.64 bits per heavy atom. The van der Waals surface area contributed by atoms with Crippen LogP contribution in [0.25, 0.3) is 0 Å². The molecule has 1 saturated heterocycles. The SMILES string of the molecule is COc1ccccc1N1CCC(NC(=O)Cn2nc(C)cc2C)CC1. The van der Waals surface area contributed by atoms with E-state index in [-0.39, 0.29) is 18.5 Å². The Labute approximate surface area is 148 Å². The van der Waals surface area contributed by atoms with Crippen molar-refractivity contribution < 1.29 is 9.53 Å². The van der Waals surface area contributed by atoms with Crippen molar-refractivity contribution in [3.05, 3.63) is 41.7 Å². The lowest BCUT2D eigenvalue weighted by Crippen LogP contribution is -2.45. The first-order chi connectivity index (χ1) is 12.1. The topological polar surface area (TPSA) is 59.4 Å². The molecule has 0 aliphatic carbocycles. The van der Waals surface area contributed by atoms with E-state index in [2.05, 4.69) is 21.4 Å². The molecule has 0 unspecified atom stereocenters. The standard InChI is InChI=1S/C19H26N4O2/c1-14-12-15(2)23(21-14)13-19(24)20-16-8-10-22(11-9-16)17-6-4-5-7-18(17)25-3/h4-7,12,16H,8-11,13H2,1-3H3,(H,20,24). The number of carbonyl (C=O) groups is 1. The van der Waals surface area contributed by atoms with Crippen molar-refractivity contribution in [2.75, 3.05) is 25.1 Å². The molecule has 1 aliphatic rings. The lowest BCUT2D eigenvalue weighted by molar-refractivity contribution is -0.122. The normalized spacial score (nSPS) is 15.2. The van der Waals surface area contributed by atoms with Crippen molar-refractivity contribution >= 4 is 11.6 Å². The van der Waals surface area contributed by atoms with Gasteiger partial charge in [-0.2, -0.15) is 5.10 Å². The molecule has 6 heteroatoms. The van der Waals surface area contributed by atoms with E-state index in [1.165, 1.54) is 0 Å². The summed E-state index contributed by atoms with van der Waals surface area (Å²) >= 11 is 0. The van der Waals surface area contributed by atoms with E-state index in [9.17, 15) is 4.79 Å². The molecule has 2 heterocycles. The van der Waals surface area contributed by atoms with Gasteiger partial charge in [-0.25, -0.2) is 0 Å². The van der Waals surface area contributed by atoms with Gasteiger partial charge in [-0.3, -0.25) is 9.48 Å². The maximum absolute atomic E-state index is 12.3. The molecule has 1 fully saturated rings. The lowest BCUT2D eigenvalue weighted by Gasteiger charge is -2.34. The summed E-state index contributed by atoms with van der Waals surface area (Å²) in [6, 6.07) is 10.3. The molecular weight excluding hydrogens is 316 g/mol. The summed E-state index contributed by atoms with van der Waals surface area (Å²) in [5.41, 5.74) is 3.08. The predicted molar refractivity (Wildman–Crippen MR) is 98.1 cm³/mol. The second-order valence-corrected chi connectivity index (χ2v) is 6.59. The molecule has 0 spiro atoms. The number of aromatic nitrogens is 2. The number of para-hydroxylation sites is 2. The van der Waals surface area contributed by atoms with Crippen molar-refractivity contribution in [2.24, 2.45) is 0 Å². The first-order valence-electron chi connectivity index (χ1n) is 8.75. The van der Waals surface area contributed by atoms with Crippen molar-refractivity contribution in [3.63, 3.8) is 0 Å². The molecule has 0 bridgehead atoms. The Morgan fingerprint density at radius 1 is 1.28 bits per heavy atom. The van der Waals surface area contributed by atoms with Crippen LogP contribution in [0.2, 0.25) is 0 Å². The number of piperidine rings is 1. The number of rotatable bonds is 5. The fraction of sp³-hybridized carbons (Fsp3) is 0.474. The third-order valence-electron chi connectivity index (χ3n) is 4.68. The summed E-state index contributed by atoms with van der Waals surface area (Å²) in [6.07, 6.45) is 1.86. The van der Waals surface area contributed by atoms with E-state index in [0.717, 1.165) is 48.8 Å². The third kappa shape index (κ3) is 4.13. The number of hydrogen-bond acceptors (Lipinski definition) is 4. The second-order valence-electron chi connectivity index (χ2n) is 6.59. The molecule has 3 rings (SSSR count). The Morgan fingerprint density at radius 2 is 2.00 bits per heavy atom. The van der Waals surface area contributed by atoms with Crippen LogP contribution in [0, 0.1) is 13.8 Å². The first-order valence-corrected chi connectivity index (χ1v) is 8.75. The largest absolute Gasteiger partial charge is 0.495 e. The summed E-state index contributed by atoms with van der Waals surface area (Å²) in [5.74, 6) is 0.927. The number of amides is 1. The highest BCUT2D eigenvalue weighted by molar-refractivity contribution is 5.76. The first kappa shape index (κ1) is 17.3. The van der Waals surface area contributed by atoms with Gasteiger partial charge in [-0.1, -0.05) is 12.1 Å². The number of ether oxygens (including phenoxy) is 1. The monoisotopic (exact) mass is 342 g/mol. The van der Waals surface area contributed by atoms with Gasteiger partial charge < -0.3 is 15.0 Å². The fourth-order valence-corrected chi connectivity index (χ4v) is 3.40. The van der Waals surface area contributed by atoms with Crippen LogP contribution in [0.4, 0.5) is 5.69 Å². The van der Waals surface area contributed by atoms with Crippen LogP contribution in [-0.2, 0) is 11.3 Å². The number of benzene rings is 1. The van der Waals surface area contributed by atoms with Gasteiger partial charge >= 0.3 is 0 Å². The van der Waals surface area contributed by atoms with E-state index in [4.69, 9.17) is 4.74 Å². The van der Waals surface area contributed by atoms with Crippen LogP contribution >= 0.6 is 0 Å². The molecule has 2 aromatic rings. The zero-order valence-electron chi connectivity index (χ0n) is 15.2. The molecule has 1 amide bonds. The van der Waals surface area contributed by atoms with E-state index in [0.29, 0.717) is 0 Å². The molecule has 0 radical (unpaired) electrons. The molecular formula is C19H26N4O2. The van der Waals surface area contributed by atoms with Gasteiger partial charge in [0.25, 0.3) is 0 Å². The van der Waals surface area contributed by atoms with Gasteiger partial charge in [0.05, 0.1) is 18.5 Å². The molecule has 0 atom stereocenters. The highest BCUT2D eigenvalue weighted by atomic mass is 16.5. The van der Waals surface area contributed by atoms with Crippen LogP contribution in [0.3, 0.4) is 0 Å². The van der Waals surface area contributed by atoms with Crippen LogP contribution in [0.5, 0.6) is 5.75 Å². The number of carbonyl (C=O) groups excluding carboxylic acids is 1. The van der Waals surface area contributed by atoms with Crippen molar-refractivity contribution in [2.45, 2.75) is 39.3 Å². The Balaban J connectivity index is 1.52. The highest BCUT2D eigenvalue weighted by Gasteiger charge is 2.22. The van der Waals surface area contributed by atoms with E-state index in [1.54, 1.807) is 11.8 Å². The minimum atomic E-state index is 0.0296. The second kappa shape index (κ2) is 7.59. The van der Waals surface area contributed by atoms with Gasteiger partial charge in [0, 0.05) is 24.8 Å². The number of nitrogens with one attached hydrogen (secondary N) is 1. The Bertz CT molecular complexity index is 733. The van der Waals surface area contributed by atoms with Crippen LogP contribution < -0.4 is 15.0 Å². The molecule has 0 saturated carbocycles. The van der Waals surface area contributed by atoms with Crippen molar-refractivity contribution in [1.29, 1.82) is 0 Å². The molecule has 134 valence electrons. The molecule has 1 aliphatic heterocycles. The fourth-order valence-electron chi connectivity index (χ4n) is 3.40. The number of anilines is 1. The zero-order chi connectivity index (χ0) is 17.8. The van der Waals surface area contributed by atoms with Gasteiger partial charge in [-0.15, -0.1) is 0 Å². The minimum absolute atomic E-state index is 0.0296. The molecule has 25 heavy (non-hydrogen) atoms. The van der Waals surface area contributed by atoms with E-state index >= 15 is 0 Å². The Kier molecular flexibility index (Phi) is 5.26. The van der Waals surface area contributed by atoms with Crippen molar-refractivity contribution in [3.8, 4) is 5.75 Å². The van der Waals surface area contributed by atoms with Gasteiger partial charge in [-0.05, 0) is 44.9 Å². The van der Waals surface area contributed by atoms with Crippen LogP contribution in [0.15, 0.2) is 30.3 Å². The summed E-state index contributed by atoms with van der Waals surface area (Å²) < 4.78 is 7.21. The van der Waals surface area contributed by atoms with Gasteiger partial charge in [0.15, 0.2) is 0 Å². The maximum Gasteiger partial charge on any atom is 0.241 e. The van der Waals surface area contributed by atoms with Crippen molar-refractivity contribution in [1.82, 2.24) is 15.1 Å². The molecule has 1 N–H and O–H groups in total. The van der Waals surface area contributed by atoms with Gasteiger partial charge in [0.2, 0.25) is 5.91 Å². The van der Waals surface area contributed by atoms with E-state index < -0.39 is 0 Å². The average Bonchev–Trinajstić information content (AvgIpc) is 2.92. The zero-order valence-corrected chi connectivity index (χ0v) is 15.2. The number of aryl methyl sites for hydroxylation is 2.